The highest BCUT2D eigenvalue weighted by Crippen LogP contribution is 2.24. The summed E-state index contributed by atoms with van der Waals surface area (Å²) >= 11 is 3.40. The number of hydrogen-bond donors (Lipinski definition) is 1. The van der Waals surface area contributed by atoms with Gasteiger partial charge in [-0.15, -0.1) is 0 Å². The molecule has 19 heavy (non-hydrogen) atoms. The molecule has 0 saturated heterocycles. The first-order valence-corrected chi connectivity index (χ1v) is 6.85. The Hall–Kier alpha value is -1.54. The second-order valence-corrected chi connectivity index (χ2v) is 5.21. The molecular weight excluding hydrogens is 308 g/mol. The summed E-state index contributed by atoms with van der Waals surface area (Å²) in [7, 11) is 1.61. The van der Waals surface area contributed by atoms with E-state index in [1.807, 2.05) is 18.2 Å². The highest BCUT2D eigenvalue weighted by Gasteiger charge is 2.08. The number of carbonyl (C=O) groups is 1. The Morgan fingerprint density at radius 3 is 2.95 bits per heavy atom. The van der Waals surface area contributed by atoms with Crippen LogP contribution in [0.3, 0.4) is 0 Å². The fourth-order valence-corrected chi connectivity index (χ4v) is 2.00. The third-order valence-electron chi connectivity index (χ3n) is 2.69. The van der Waals surface area contributed by atoms with Crippen molar-refractivity contribution in [1.82, 2.24) is 5.32 Å². The van der Waals surface area contributed by atoms with E-state index in [-0.39, 0.29) is 11.8 Å². The lowest BCUT2D eigenvalue weighted by molar-refractivity contribution is -0.121. The number of methoxy groups -OCH3 is 1. The second kappa shape index (κ2) is 7.80. The third kappa shape index (κ3) is 5.31. The number of ether oxygens (including phenoxy) is 1. The molecule has 0 radical (unpaired) electrons. The molecular formula is C14H17BrN2O2. The summed E-state index contributed by atoms with van der Waals surface area (Å²) in [4.78, 5) is 11.6. The molecule has 0 aliphatic heterocycles. The number of amides is 1. The van der Waals surface area contributed by atoms with Crippen LogP contribution >= 0.6 is 15.9 Å². The van der Waals surface area contributed by atoms with Gasteiger partial charge in [0.2, 0.25) is 5.91 Å². The van der Waals surface area contributed by atoms with E-state index < -0.39 is 0 Å². The van der Waals surface area contributed by atoms with Crippen LogP contribution in [0.15, 0.2) is 22.7 Å². The Bertz CT molecular complexity index is 483. The molecule has 0 saturated carbocycles. The number of hydrogen-bond acceptors (Lipinski definition) is 3. The zero-order valence-corrected chi connectivity index (χ0v) is 12.7. The highest BCUT2D eigenvalue weighted by molar-refractivity contribution is 9.10. The first-order valence-electron chi connectivity index (χ1n) is 6.05. The number of nitrogens with one attached hydrogen (secondary N) is 1. The van der Waals surface area contributed by atoms with Crippen molar-refractivity contribution in [2.75, 3.05) is 13.7 Å². The number of halogens is 1. The Labute approximate surface area is 121 Å². The molecule has 0 unspecified atom stereocenters. The van der Waals surface area contributed by atoms with E-state index in [1.165, 1.54) is 0 Å². The average molecular weight is 325 g/mol. The lowest BCUT2D eigenvalue weighted by atomic mass is 10.1. The lowest BCUT2D eigenvalue weighted by Gasteiger charge is -2.09. The third-order valence-corrected chi connectivity index (χ3v) is 3.18. The summed E-state index contributed by atoms with van der Waals surface area (Å²) < 4.78 is 6.21. The first-order chi connectivity index (χ1) is 9.06. The quantitative estimate of drug-likeness (QED) is 0.875. The Morgan fingerprint density at radius 1 is 1.58 bits per heavy atom. The maximum Gasteiger partial charge on any atom is 0.220 e. The molecule has 0 aliphatic rings. The SMILES string of the molecule is COc1ccc(Br)cc1CCC(=O)NC[C@H](C)C#N. The van der Waals surface area contributed by atoms with Crippen molar-refractivity contribution in [2.24, 2.45) is 5.92 Å². The normalized spacial score (nSPS) is 11.5. The van der Waals surface area contributed by atoms with E-state index in [2.05, 4.69) is 27.3 Å². The van der Waals surface area contributed by atoms with Crippen molar-refractivity contribution >= 4 is 21.8 Å². The molecule has 0 aliphatic carbocycles. The van der Waals surface area contributed by atoms with Gasteiger partial charge < -0.3 is 10.1 Å². The second-order valence-electron chi connectivity index (χ2n) is 4.29. The molecule has 1 aromatic rings. The number of nitriles is 1. The summed E-state index contributed by atoms with van der Waals surface area (Å²) in [5, 5.41) is 11.4. The smallest absolute Gasteiger partial charge is 0.220 e. The van der Waals surface area contributed by atoms with Gasteiger partial charge in [-0.3, -0.25) is 4.79 Å². The van der Waals surface area contributed by atoms with Crippen molar-refractivity contribution in [3.05, 3.63) is 28.2 Å². The molecule has 102 valence electrons. The standard InChI is InChI=1S/C14H17BrN2O2/c1-10(8-16)9-17-14(18)6-3-11-7-12(15)4-5-13(11)19-2/h4-5,7,10H,3,6,9H2,1-2H3,(H,17,18)/t10-/m1/s1. The molecule has 1 rings (SSSR count). The van der Waals surface area contributed by atoms with E-state index >= 15 is 0 Å². The predicted molar refractivity (Wildman–Crippen MR) is 76.8 cm³/mol. The van der Waals surface area contributed by atoms with Crippen LogP contribution in [0.5, 0.6) is 5.75 Å². The summed E-state index contributed by atoms with van der Waals surface area (Å²) in [5.74, 6) is 0.565. The van der Waals surface area contributed by atoms with Gasteiger partial charge in [0.25, 0.3) is 0 Å². The number of carbonyl (C=O) groups excluding carboxylic acids is 1. The topological polar surface area (TPSA) is 62.1 Å². The van der Waals surface area contributed by atoms with Gasteiger partial charge in [0, 0.05) is 17.4 Å². The van der Waals surface area contributed by atoms with Crippen LogP contribution in [-0.2, 0) is 11.2 Å². The first kappa shape index (κ1) is 15.5. The summed E-state index contributed by atoms with van der Waals surface area (Å²) in [6.07, 6.45) is 0.986. The molecule has 0 fully saturated rings. The average Bonchev–Trinajstić information content (AvgIpc) is 2.42. The number of benzene rings is 1. The van der Waals surface area contributed by atoms with Crippen molar-refractivity contribution in [2.45, 2.75) is 19.8 Å². The van der Waals surface area contributed by atoms with E-state index in [0.717, 1.165) is 15.8 Å². The monoisotopic (exact) mass is 324 g/mol. The fourth-order valence-electron chi connectivity index (χ4n) is 1.59. The minimum absolute atomic E-state index is 0.0517. The van der Waals surface area contributed by atoms with Crippen molar-refractivity contribution in [1.29, 1.82) is 5.26 Å². The largest absolute Gasteiger partial charge is 0.496 e. The van der Waals surface area contributed by atoms with Crippen LogP contribution < -0.4 is 10.1 Å². The molecule has 4 nitrogen and oxygen atoms in total. The summed E-state index contributed by atoms with van der Waals surface area (Å²) in [6, 6.07) is 7.80. The number of nitrogens with zero attached hydrogens (tertiary/aromatic N) is 1. The van der Waals surface area contributed by atoms with Gasteiger partial charge in [-0.2, -0.15) is 5.26 Å². The zero-order chi connectivity index (χ0) is 14.3. The predicted octanol–water partition coefficient (Wildman–Crippen LogP) is 2.67. The highest BCUT2D eigenvalue weighted by atomic mass is 79.9. The van der Waals surface area contributed by atoms with Crippen LogP contribution in [-0.4, -0.2) is 19.6 Å². The van der Waals surface area contributed by atoms with Gasteiger partial charge in [-0.05, 0) is 37.1 Å². The van der Waals surface area contributed by atoms with Crippen LogP contribution in [0, 0.1) is 17.2 Å². The molecule has 1 atom stereocenters. The molecule has 1 N–H and O–H groups in total. The fraction of sp³-hybridized carbons (Fsp3) is 0.429. The van der Waals surface area contributed by atoms with Crippen LogP contribution in [0.25, 0.3) is 0 Å². The van der Waals surface area contributed by atoms with Gasteiger partial charge in [0.05, 0.1) is 19.1 Å². The van der Waals surface area contributed by atoms with E-state index in [1.54, 1.807) is 14.0 Å². The molecule has 5 heteroatoms. The zero-order valence-electron chi connectivity index (χ0n) is 11.1. The van der Waals surface area contributed by atoms with Gasteiger partial charge >= 0.3 is 0 Å². The van der Waals surface area contributed by atoms with E-state index in [0.29, 0.717) is 19.4 Å². The Kier molecular flexibility index (Phi) is 6.37. The minimum atomic E-state index is -0.163. The van der Waals surface area contributed by atoms with Gasteiger partial charge in [-0.1, -0.05) is 15.9 Å². The molecule has 0 aromatic heterocycles. The van der Waals surface area contributed by atoms with E-state index in [4.69, 9.17) is 10.00 Å². The van der Waals surface area contributed by atoms with Crippen molar-refractivity contribution < 1.29 is 9.53 Å². The van der Waals surface area contributed by atoms with E-state index in [9.17, 15) is 4.79 Å². The number of rotatable bonds is 6. The molecule has 0 heterocycles. The van der Waals surface area contributed by atoms with Gasteiger partial charge in [0.1, 0.15) is 5.75 Å². The summed E-state index contributed by atoms with van der Waals surface area (Å²) in [6.45, 7) is 2.17. The lowest BCUT2D eigenvalue weighted by Crippen LogP contribution is -2.27. The van der Waals surface area contributed by atoms with Crippen LogP contribution in [0.2, 0.25) is 0 Å². The van der Waals surface area contributed by atoms with Crippen LogP contribution in [0.1, 0.15) is 18.9 Å². The van der Waals surface area contributed by atoms with Gasteiger partial charge in [0.15, 0.2) is 0 Å². The minimum Gasteiger partial charge on any atom is -0.496 e. The van der Waals surface area contributed by atoms with Gasteiger partial charge in [-0.25, -0.2) is 0 Å². The molecule has 1 amide bonds. The van der Waals surface area contributed by atoms with Crippen LogP contribution in [0.4, 0.5) is 0 Å². The van der Waals surface area contributed by atoms with Crippen molar-refractivity contribution in [3.8, 4) is 11.8 Å². The summed E-state index contributed by atoms with van der Waals surface area (Å²) in [5.41, 5.74) is 0.986. The molecule has 0 bridgehead atoms. The maximum atomic E-state index is 11.6. The maximum absolute atomic E-state index is 11.6. The van der Waals surface area contributed by atoms with Crippen molar-refractivity contribution in [3.63, 3.8) is 0 Å². The Morgan fingerprint density at radius 2 is 2.32 bits per heavy atom. The molecule has 1 aromatic carbocycles. The molecule has 0 spiro atoms. The Balaban J connectivity index is 2.50. The number of aryl methyl sites for hydroxylation is 1.